The number of nitrogens with one attached hydrogen (secondary N) is 1. The van der Waals surface area contributed by atoms with Gasteiger partial charge in [0.2, 0.25) is 0 Å². The van der Waals surface area contributed by atoms with Gasteiger partial charge < -0.3 is 14.0 Å². The zero-order chi connectivity index (χ0) is 23.4. The lowest BCUT2D eigenvalue weighted by Gasteiger charge is -2.25. The van der Waals surface area contributed by atoms with E-state index in [2.05, 4.69) is 0 Å². The van der Waals surface area contributed by atoms with Crippen LogP contribution in [0.1, 0.15) is 26.2 Å². The van der Waals surface area contributed by atoms with E-state index in [0.29, 0.717) is 12.2 Å². The molecule has 2 heterocycles. The maximum Gasteiger partial charge on any atom is 0.264 e. The van der Waals surface area contributed by atoms with Gasteiger partial charge in [0.05, 0.1) is 6.10 Å². The number of hydroxylamine groups is 1. The number of hydrogen-bond donors (Lipinski definition) is 2. The quantitative estimate of drug-likeness (QED) is 0.428. The second-order valence-electron chi connectivity index (χ2n) is 8.11. The van der Waals surface area contributed by atoms with E-state index in [1.54, 1.807) is 12.3 Å². The van der Waals surface area contributed by atoms with Gasteiger partial charge in [-0.1, -0.05) is 12.1 Å². The molecule has 2 N–H and O–H groups in total. The molecule has 0 bridgehead atoms. The van der Waals surface area contributed by atoms with E-state index in [9.17, 15) is 18.0 Å². The van der Waals surface area contributed by atoms with Crippen molar-refractivity contribution in [3.8, 4) is 16.9 Å². The van der Waals surface area contributed by atoms with Crippen LogP contribution in [0.3, 0.4) is 0 Å². The monoisotopic (exact) mass is 464 g/mol. The van der Waals surface area contributed by atoms with Gasteiger partial charge in [-0.3, -0.25) is 14.8 Å². The van der Waals surface area contributed by atoms with Gasteiger partial charge in [-0.15, -0.1) is 0 Å². The molecule has 0 radical (unpaired) electrons. The Hall–Kier alpha value is -2.69. The average Bonchev–Trinajstić information content (AvgIpc) is 3.29. The van der Waals surface area contributed by atoms with E-state index < -0.39 is 20.5 Å². The van der Waals surface area contributed by atoms with Gasteiger partial charge in [0.25, 0.3) is 11.5 Å². The summed E-state index contributed by atoms with van der Waals surface area (Å²) in [6, 6.07) is 10.6. The number of nitrogens with zero attached hydrogens (tertiary/aromatic N) is 1. The molecule has 1 amide bonds. The van der Waals surface area contributed by atoms with Crippen LogP contribution in [0.5, 0.6) is 5.75 Å². The van der Waals surface area contributed by atoms with Crippen molar-refractivity contribution in [3.63, 3.8) is 0 Å². The average molecular weight is 465 g/mol. The molecule has 1 fully saturated rings. The first-order chi connectivity index (χ1) is 15.1. The minimum atomic E-state index is -3.83. The number of ether oxygens (including phenoxy) is 2. The Balaban J connectivity index is 1.68. The van der Waals surface area contributed by atoms with E-state index in [-0.39, 0.29) is 24.6 Å². The minimum Gasteiger partial charge on any atom is -0.491 e. The van der Waals surface area contributed by atoms with Gasteiger partial charge in [0, 0.05) is 31.7 Å². The van der Waals surface area contributed by atoms with Gasteiger partial charge in [-0.2, -0.15) is 0 Å². The van der Waals surface area contributed by atoms with Gasteiger partial charge >= 0.3 is 0 Å². The van der Waals surface area contributed by atoms with Crippen molar-refractivity contribution in [3.05, 3.63) is 52.9 Å². The number of carbonyl (C=O) groups excluding carboxylic acids is 1. The lowest BCUT2D eigenvalue weighted by atomic mass is 10.1. The highest BCUT2D eigenvalue weighted by Crippen LogP contribution is 2.24. The normalized spacial score (nSPS) is 18.2. The summed E-state index contributed by atoms with van der Waals surface area (Å²) in [5.74, 6) is -0.314. The van der Waals surface area contributed by atoms with Crippen molar-refractivity contribution in [2.45, 2.75) is 43.6 Å². The fraction of sp³-hybridized carbons (Fsp3) is 0.455. The van der Waals surface area contributed by atoms with Crippen molar-refractivity contribution in [1.29, 1.82) is 0 Å². The second-order valence-corrected chi connectivity index (χ2v) is 10.6. The topological polar surface area (TPSA) is 124 Å². The summed E-state index contributed by atoms with van der Waals surface area (Å²) in [5.41, 5.74) is 2.61. The third-order valence-electron chi connectivity index (χ3n) is 5.87. The highest BCUT2D eigenvalue weighted by Gasteiger charge is 2.43. The highest BCUT2D eigenvalue weighted by atomic mass is 32.2. The van der Waals surface area contributed by atoms with Crippen molar-refractivity contribution in [2.75, 3.05) is 19.5 Å². The molecule has 1 aromatic carbocycles. The number of rotatable bonds is 9. The zero-order valence-electron chi connectivity index (χ0n) is 18.1. The van der Waals surface area contributed by atoms with E-state index in [0.717, 1.165) is 37.0 Å². The van der Waals surface area contributed by atoms with Crippen LogP contribution in [0.15, 0.2) is 47.4 Å². The molecule has 1 aliphatic heterocycles. The van der Waals surface area contributed by atoms with Gasteiger partial charge in [0.15, 0.2) is 14.6 Å². The molecule has 32 heavy (non-hydrogen) atoms. The van der Waals surface area contributed by atoms with Crippen LogP contribution in [0, 0.1) is 0 Å². The number of carbonyl (C=O) groups is 1. The Bertz CT molecular complexity index is 1110. The molecule has 3 rings (SSSR count). The molecule has 174 valence electrons. The van der Waals surface area contributed by atoms with Crippen LogP contribution in [0.2, 0.25) is 0 Å². The molecule has 2 aromatic rings. The number of aryl methyl sites for hydroxylation is 1. The van der Waals surface area contributed by atoms with Crippen molar-refractivity contribution >= 4 is 15.7 Å². The molecule has 1 aliphatic rings. The molecule has 2 atom stereocenters. The molecule has 1 saturated heterocycles. The lowest BCUT2D eigenvalue weighted by Crippen LogP contribution is -2.49. The van der Waals surface area contributed by atoms with Crippen molar-refractivity contribution < 1.29 is 27.9 Å². The summed E-state index contributed by atoms with van der Waals surface area (Å²) in [5, 5.41) is 8.91. The summed E-state index contributed by atoms with van der Waals surface area (Å²) < 4.78 is 34.9. The van der Waals surface area contributed by atoms with E-state index in [4.69, 9.17) is 14.7 Å². The molecule has 0 saturated carbocycles. The van der Waals surface area contributed by atoms with E-state index in [1.165, 1.54) is 23.0 Å². The Morgan fingerprint density at radius 1 is 1.28 bits per heavy atom. The first-order valence-corrected chi connectivity index (χ1v) is 12.2. The van der Waals surface area contributed by atoms with Gasteiger partial charge in [-0.05, 0) is 55.5 Å². The fourth-order valence-electron chi connectivity index (χ4n) is 3.50. The Labute approximate surface area is 186 Å². The van der Waals surface area contributed by atoms with Gasteiger partial charge in [-0.25, -0.2) is 13.9 Å². The molecular formula is C22H28N2O7S. The molecular weight excluding hydrogens is 436 g/mol. The van der Waals surface area contributed by atoms with E-state index in [1.807, 2.05) is 24.3 Å². The van der Waals surface area contributed by atoms with Crippen LogP contribution < -0.4 is 15.8 Å². The number of hydrogen-bond acceptors (Lipinski definition) is 7. The number of amides is 1. The van der Waals surface area contributed by atoms with Crippen LogP contribution in [0.25, 0.3) is 11.1 Å². The van der Waals surface area contributed by atoms with Crippen LogP contribution in [0.4, 0.5) is 0 Å². The Morgan fingerprint density at radius 2 is 2.00 bits per heavy atom. The minimum absolute atomic E-state index is 0.00782. The summed E-state index contributed by atoms with van der Waals surface area (Å²) in [6.45, 7) is 2.50. The number of sulfone groups is 1. The maximum absolute atomic E-state index is 12.6. The number of pyridine rings is 1. The predicted molar refractivity (Wildman–Crippen MR) is 118 cm³/mol. The molecule has 1 aromatic heterocycles. The van der Waals surface area contributed by atoms with Crippen LogP contribution >= 0.6 is 0 Å². The summed E-state index contributed by atoms with van der Waals surface area (Å²) in [7, 11) is -3.83. The first-order valence-electron chi connectivity index (χ1n) is 10.3. The molecule has 0 aliphatic carbocycles. The molecule has 10 heteroatoms. The standard InChI is InChI=1S/C22H28N2O7S/c1-22(21(26)23-27,32(2,28)29)10-12-24-11-9-17(14-20(24)25)16-5-7-18(8-6-16)31-15-19-4-3-13-30-19/h5-9,11,14,19,27H,3-4,10,12-13,15H2,1-2H3,(H,23,26)/t19?,22-/m1/s1. The van der Waals surface area contributed by atoms with Crippen LogP contribution in [-0.4, -0.2) is 54.4 Å². The summed E-state index contributed by atoms with van der Waals surface area (Å²) in [4.78, 5) is 24.5. The fourth-order valence-corrected chi connectivity index (χ4v) is 4.34. The number of benzene rings is 1. The third-order valence-corrected chi connectivity index (χ3v) is 7.90. The third kappa shape index (κ3) is 5.37. The van der Waals surface area contributed by atoms with Crippen molar-refractivity contribution in [1.82, 2.24) is 10.0 Å². The largest absolute Gasteiger partial charge is 0.491 e. The van der Waals surface area contributed by atoms with Crippen LogP contribution in [-0.2, 0) is 25.9 Å². The molecule has 1 unspecified atom stereocenters. The highest BCUT2D eigenvalue weighted by molar-refractivity contribution is 7.92. The second kappa shape index (κ2) is 9.85. The Kier molecular flexibility index (Phi) is 7.37. The van der Waals surface area contributed by atoms with E-state index >= 15 is 0 Å². The maximum atomic E-state index is 12.6. The summed E-state index contributed by atoms with van der Waals surface area (Å²) in [6.07, 6.45) is 4.49. The first kappa shape index (κ1) is 24.0. The smallest absolute Gasteiger partial charge is 0.264 e. The Morgan fingerprint density at radius 3 is 2.56 bits per heavy atom. The van der Waals surface area contributed by atoms with Gasteiger partial charge in [0.1, 0.15) is 12.4 Å². The molecule has 9 nitrogen and oxygen atoms in total. The molecule has 0 spiro atoms. The van der Waals surface area contributed by atoms with Crippen molar-refractivity contribution in [2.24, 2.45) is 0 Å². The summed E-state index contributed by atoms with van der Waals surface area (Å²) >= 11 is 0. The zero-order valence-corrected chi connectivity index (χ0v) is 18.9. The number of aromatic nitrogens is 1. The SMILES string of the molecule is C[C@@](CCn1ccc(-c2ccc(OCC3CCCO3)cc2)cc1=O)(C(=O)NO)S(C)(=O)=O. The predicted octanol–water partition coefficient (Wildman–Crippen LogP) is 1.77. The lowest BCUT2D eigenvalue weighted by molar-refractivity contribution is -0.131.